The van der Waals surface area contributed by atoms with E-state index < -0.39 is 0 Å². The molecule has 2 heterocycles. The molecule has 1 aromatic heterocycles. The Kier molecular flexibility index (Phi) is 3.44. The van der Waals surface area contributed by atoms with Crippen LogP contribution >= 0.6 is 0 Å². The van der Waals surface area contributed by atoms with E-state index in [9.17, 15) is 0 Å². The lowest BCUT2D eigenvalue weighted by Gasteiger charge is -2.16. The fraction of sp³-hybridized carbons (Fsp3) is 0.467. The molecule has 0 saturated carbocycles. The molecule has 1 fully saturated rings. The fourth-order valence-electron chi connectivity index (χ4n) is 2.69. The Morgan fingerprint density at radius 3 is 3.11 bits per heavy atom. The first kappa shape index (κ1) is 12.5. The Morgan fingerprint density at radius 2 is 2.26 bits per heavy atom. The van der Waals surface area contributed by atoms with Gasteiger partial charge in [0.1, 0.15) is 5.75 Å². The van der Waals surface area contributed by atoms with Gasteiger partial charge in [0.05, 0.1) is 25.3 Å². The summed E-state index contributed by atoms with van der Waals surface area (Å²) in [4.78, 5) is 0. The van der Waals surface area contributed by atoms with E-state index in [0.717, 1.165) is 31.9 Å². The lowest BCUT2D eigenvalue weighted by atomic mass is 10.2. The zero-order valence-electron chi connectivity index (χ0n) is 11.5. The normalized spacial score (nSPS) is 20.4. The van der Waals surface area contributed by atoms with Crippen LogP contribution < -0.4 is 10.1 Å². The van der Waals surface area contributed by atoms with Gasteiger partial charge in [0.2, 0.25) is 0 Å². The van der Waals surface area contributed by atoms with Crippen molar-refractivity contribution in [3.05, 3.63) is 30.0 Å². The molecular weight excluding hydrogens is 240 g/mol. The molecule has 2 aromatic rings. The van der Waals surface area contributed by atoms with Crippen LogP contribution in [0.1, 0.15) is 18.2 Å². The minimum absolute atomic E-state index is 0.269. The van der Waals surface area contributed by atoms with E-state index in [1.807, 2.05) is 6.07 Å². The fourth-order valence-corrected chi connectivity index (χ4v) is 2.69. The molecule has 4 heteroatoms. The van der Waals surface area contributed by atoms with Crippen LogP contribution in [0.4, 0.5) is 0 Å². The molecule has 1 unspecified atom stereocenters. The molecule has 3 rings (SSSR count). The van der Waals surface area contributed by atoms with Crippen LogP contribution in [0, 0.1) is 0 Å². The first-order valence-electron chi connectivity index (χ1n) is 6.74. The molecule has 1 aliphatic heterocycles. The number of ether oxygens (including phenoxy) is 2. The quantitative estimate of drug-likeness (QED) is 0.899. The molecule has 4 nitrogen and oxygen atoms in total. The van der Waals surface area contributed by atoms with Crippen molar-refractivity contribution in [2.45, 2.75) is 12.5 Å². The second kappa shape index (κ2) is 5.23. The first-order valence-corrected chi connectivity index (χ1v) is 6.74. The number of fused-ring (bicyclic) bond motifs is 1. The van der Waals surface area contributed by atoms with Gasteiger partial charge in [-0.25, -0.2) is 0 Å². The zero-order chi connectivity index (χ0) is 13.2. The number of benzene rings is 1. The minimum atomic E-state index is 0.269. The number of nitrogens with zero attached hydrogens (tertiary/aromatic N) is 1. The number of aryl methyl sites for hydroxylation is 1. The highest BCUT2D eigenvalue weighted by Crippen LogP contribution is 2.27. The number of nitrogens with one attached hydrogen (secondary N) is 1. The summed E-state index contributed by atoms with van der Waals surface area (Å²) >= 11 is 0. The van der Waals surface area contributed by atoms with Crippen molar-refractivity contribution in [2.75, 3.05) is 26.9 Å². The molecule has 1 atom stereocenters. The molecule has 1 saturated heterocycles. The average Bonchev–Trinajstić information content (AvgIpc) is 2.64. The molecule has 102 valence electrons. The lowest BCUT2D eigenvalue weighted by Crippen LogP contribution is -2.25. The third-order valence-corrected chi connectivity index (χ3v) is 3.79. The van der Waals surface area contributed by atoms with E-state index in [4.69, 9.17) is 9.47 Å². The highest BCUT2D eigenvalue weighted by molar-refractivity contribution is 5.83. The third kappa shape index (κ3) is 2.33. The van der Waals surface area contributed by atoms with Crippen molar-refractivity contribution in [3.63, 3.8) is 0 Å². The molecule has 1 aliphatic rings. The van der Waals surface area contributed by atoms with Gasteiger partial charge in [-0.2, -0.15) is 0 Å². The summed E-state index contributed by atoms with van der Waals surface area (Å²) in [6.07, 6.45) is 1.08. The summed E-state index contributed by atoms with van der Waals surface area (Å²) in [5.41, 5.74) is 2.46. The zero-order valence-corrected chi connectivity index (χ0v) is 11.5. The van der Waals surface area contributed by atoms with Gasteiger partial charge in [-0.05, 0) is 31.2 Å². The largest absolute Gasteiger partial charge is 0.497 e. The monoisotopic (exact) mass is 260 g/mol. The van der Waals surface area contributed by atoms with Crippen LogP contribution in [0.3, 0.4) is 0 Å². The van der Waals surface area contributed by atoms with Gasteiger partial charge >= 0.3 is 0 Å². The van der Waals surface area contributed by atoms with Gasteiger partial charge in [-0.1, -0.05) is 0 Å². The van der Waals surface area contributed by atoms with Crippen LogP contribution in [0.2, 0.25) is 0 Å². The van der Waals surface area contributed by atoms with Gasteiger partial charge in [-0.3, -0.25) is 0 Å². The highest BCUT2D eigenvalue weighted by Gasteiger charge is 2.18. The summed E-state index contributed by atoms with van der Waals surface area (Å²) < 4.78 is 13.2. The summed E-state index contributed by atoms with van der Waals surface area (Å²) in [6, 6.07) is 8.70. The van der Waals surface area contributed by atoms with Crippen LogP contribution in [-0.2, 0) is 11.8 Å². The second-order valence-electron chi connectivity index (χ2n) is 4.99. The standard InChI is InChI=1S/C15H20N2O2/c1-17-14-9-12(18-2)5-4-11(14)8-15(17)13-10-19-7-3-6-16-13/h4-5,8-9,13,16H,3,6-7,10H2,1-2H3. The van der Waals surface area contributed by atoms with Crippen molar-refractivity contribution in [2.24, 2.45) is 7.05 Å². The number of rotatable bonds is 2. The van der Waals surface area contributed by atoms with E-state index >= 15 is 0 Å². The van der Waals surface area contributed by atoms with Crippen LogP contribution in [0.5, 0.6) is 5.75 Å². The van der Waals surface area contributed by atoms with Gasteiger partial charge in [0.25, 0.3) is 0 Å². The average molecular weight is 260 g/mol. The van der Waals surface area contributed by atoms with Crippen molar-refractivity contribution >= 4 is 10.9 Å². The number of methoxy groups -OCH3 is 1. The topological polar surface area (TPSA) is 35.4 Å². The molecule has 1 aromatic carbocycles. The maximum atomic E-state index is 5.66. The van der Waals surface area contributed by atoms with E-state index in [2.05, 4.69) is 35.1 Å². The molecule has 0 amide bonds. The maximum Gasteiger partial charge on any atom is 0.120 e. The highest BCUT2D eigenvalue weighted by atomic mass is 16.5. The second-order valence-corrected chi connectivity index (χ2v) is 4.99. The summed E-state index contributed by atoms with van der Waals surface area (Å²) in [5, 5.41) is 4.79. The Bertz CT molecular complexity index is 569. The summed E-state index contributed by atoms with van der Waals surface area (Å²) in [7, 11) is 3.80. The lowest BCUT2D eigenvalue weighted by molar-refractivity contribution is 0.130. The van der Waals surface area contributed by atoms with Crippen molar-refractivity contribution in [1.29, 1.82) is 0 Å². The van der Waals surface area contributed by atoms with Crippen LogP contribution in [0.15, 0.2) is 24.3 Å². The van der Waals surface area contributed by atoms with E-state index in [-0.39, 0.29) is 6.04 Å². The predicted molar refractivity (Wildman–Crippen MR) is 75.7 cm³/mol. The van der Waals surface area contributed by atoms with Crippen LogP contribution in [0.25, 0.3) is 10.9 Å². The molecule has 19 heavy (non-hydrogen) atoms. The number of aromatic nitrogens is 1. The SMILES string of the molecule is COc1ccc2cc(C3COCCCN3)n(C)c2c1. The Balaban J connectivity index is 2.01. The van der Waals surface area contributed by atoms with E-state index in [1.165, 1.54) is 16.6 Å². The van der Waals surface area contributed by atoms with E-state index in [1.54, 1.807) is 7.11 Å². The third-order valence-electron chi connectivity index (χ3n) is 3.79. The minimum Gasteiger partial charge on any atom is -0.497 e. The van der Waals surface area contributed by atoms with Gasteiger partial charge < -0.3 is 19.4 Å². The van der Waals surface area contributed by atoms with Crippen molar-refractivity contribution in [1.82, 2.24) is 9.88 Å². The van der Waals surface area contributed by atoms with E-state index in [0.29, 0.717) is 0 Å². The molecule has 0 bridgehead atoms. The number of hydrogen-bond donors (Lipinski definition) is 1. The smallest absolute Gasteiger partial charge is 0.120 e. The molecule has 0 spiro atoms. The maximum absolute atomic E-state index is 5.66. The van der Waals surface area contributed by atoms with Crippen molar-refractivity contribution in [3.8, 4) is 5.75 Å². The van der Waals surface area contributed by atoms with Gasteiger partial charge in [-0.15, -0.1) is 0 Å². The Labute approximate surface area is 113 Å². The Hall–Kier alpha value is -1.52. The summed E-state index contributed by atoms with van der Waals surface area (Å²) in [6.45, 7) is 2.60. The molecule has 1 N–H and O–H groups in total. The molecule has 0 radical (unpaired) electrons. The van der Waals surface area contributed by atoms with Gasteiger partial charge in [0, 0.05) is 30.8 Å². The number of hydrogen-bond acceptors (Lipinski definition) is 3. The van der Waals surface area contributed by atoms with Crippen molar-refractivity contribution < 1.29 is 9.47 Å². The Morgan fingerprint density at radius 1 is 1.37 bits per heavy atom. The van der Waals surface area contributed by atoms with Crippen LogP contribution in [-0.4, -0.2) is 31.4 Å². The summed E-state index contributed by atoms with van der Waals surface area (Å²) in [5.74, 6) is 0.894. The van der Waals surface area contributed by atoms with Gasteiger partial charge in [0.15, 0.2) is 0 Å². The first-order chi connectivity index (χ1) is 9.29. The molecule has 0 aliphatic carbocycles. The predicted octanol–water partition coefficient (Wildman–Crippen LogP) is 2.24. The molecular formula is C15H20N2O2.